The second kappa shape index (κ2) is 5.79. The summed E-state index contributed by atoms with van der Waals surface area (Å²) in [5.41, 5.74) is 1.98. The molecule has 4 heterocycles. The van der Waals surface area contributed by atoms with Crippen molar-refractivity contribution < 1.29 is 18.1 Å². The van der Waals surface area contributed by atoms with Crippen molar-refractivity contribution in [2.75, 3.05) is 18.8 Å². The van der Waals surface area contributed by atoms with Crippen LogP contribution in [0.1, 0.15) is 44.6 Å². The molecule has 144 valence electrons. The molecule has 2 aromatic heterocycles. The third kappa shape index (κ3) is 2.52. The molecule has 2 aliphatic heterocycles. The summed E-state index contributed by atoms with van der Waals surface area (Å²) in [6.07, 6.45) is 7.47. The quantitative estimate of drug-likeness (QED) is 0.764. The Balaban J connectivity index is 1.41. The Kier molecular flexibility index (Phi) is 3.79. The predicted molar refractivity (Wildman–Crippen MR) is 103 cm³/mol. The van der Waals surface area contributed by atoms with Crippen LogP contribution in [0.25, 0.3) is 11.0 Å². The summed E-state index contributed by atoms with van der Waals surface area (Å²) in [7, 11) is -4.14. The molecule has 5 rings (SSSR count). The van der Waals surface area contributed by atoms with E-state index in [9.17, 15) is 13.4 Å². The van der Waals surface area contributed by atoms with E-state index >= 15 is 0 Å². The average Bonchev–Trinajstić information content (AvgIpc) is 3.30. The van der Waals surface area contributed by atoms with E-state index in [2.05, 4.69) is 9.97 Å². The third-order valence-corrected chi connectivity index (χ3v) is 8.45. The Morgan fingerprint density at radius 2 is 2.26 bits per heavy atom. The fraction of sp³-hybridized carbons (Fsp3) is 0.611. The van der Waals surface area contributed by atoms with Gasteiger partial charge in [-0.1, -0.05) is 13.3 Å². The first-order valence-corrected chi connectivity index (χ1v) is 11.3. The number of fused-ring (bicyclic) bond motifs is 4. The number of nitrogens with one attached hydrogen (secondary N) is 1. The van der Waals surface area contributed by atoms with E-state index in [1.807, 2.05) is 19.2 Å². The SMILES string of the molecule is CCCCS(=O)(=O)N1CCC2(C1)CC1(C2)OB(O)c2cnc3[nH]ccc3c21. The second-order valence-electron chi connectivity index (χ2n) is 8.40. The summed E-state index contributed by atoms with van der Waals surface area (Å²) in [4.78, 5) is 7.49. The number of aromatic amines is 1. The van der Waals surface area contributed by atoms with Crippen LogP contribution < -0.4 is 5.46 Å². The van der Waals surface area contributed by atoms with Crippen LogP contribution >= 0.6 is 0 Å². The van der Waals surface area contributed by atoms with Crippen LogP contribution in [0.3, 0.4) is 0 Å². The average molecular weight is 389 g/mol. The highest BCUT2D eigenvalue weighted by atomic mass is 32.2. The molecule has 0 atom stereocenters. The molecule has 2 spiro atoms. The molecule has 1 saturated heterocycles. The normalized spacial score (nSPS) is 30.5. The molecular formula is C18H24BN3O4S. The number of unbranched alkanes of at least 4 members (excludes halogenated alkanes) is 1. The maximum absolute atomic E-state index is 12.6. The maximum Gasteiger partial charge on any atom is 0.493 e. The number of hydrogen-bond acceptors (Lipinski definition) is 5. The second-order valence-corrected chi connectivity index (χ2v) is 10.5. The first-order chi connectivity index (χ1) is 12.9. The van der Waals surface area contributed by atoms with Gasteiger partial charge in [-0.25, -0.2) is 17.7 Å². The first-order valence-electron chi connectivity index (χ1n) is 9.68. The van der Waals surface area contributed by atoms with Crippen LogP contribution in [0.15, 0.2) is 18.5 Å². The molecule has 0 unspecified atom stereocenters. The topological polar surface area (TPSA) is 95.5 Å². The van der Waals surface area contributed by atoms with E-state index in [4.69, 9.17) is 4.65 Å². The fourth-order valence-corrected chi connectivity index (χ4v) is 7.10. The van der Waals surface area contributed by atoms with Crippen molar-refractivity contribution >= 4 is 33.6 Å². The van der Waals surface area contributed by atoms with Gasteiger partial charge in [-0.3, -0.25) is 0 Å². The monoisotopic (exact) mass is 389 g/mol. The maximum atomic E-state index is 12.6. The fourth-order valence-electron chi connectivity index (χ4n) is 5.35. The van der Waals surface area contributed by atoms with Gasteiger partial charge in [0, 0.05) is 36.3 Å². The van der Waals surface area contributed by atoms with E-state index in [1.54, 1.807) is 10.5 Å². The van der Waals surface area contributed by atoms with Crippen molar-refractivity contribution in [2.45, 2.75) is 44.6 Å². The lowest BCUT2D eigenvalue weighted by molar-refractivity contribution is -0.108. The van der Waals surface area contributed by atoms with Crippen LogP contribution in [0.5, 0.6) is 0 Å². The minimum atomic E-state index is -3.17. The molecule has 2 fully saturated rings. The third-order valence-electron chi connectivity index (χ3n) is 6.55. The lowest BCUT2D eigenvalue weighted by atomic mass is 9.56. The predicted octanol–water partition coefficient (Wildman–Crippen LogP) is 1.09. The number of aromatic nitrogens is 2. The van der Waals surface area contributed by atoms with Crippen molar-refractivity contribution in [3.8, 4) is 0 Å². The van der Waals surface area contributed by atoms with E-state index < -0.39 is 22.7 Å². The van der Waals surface area contributed by atoms with Crippen molar-refractivity contribution in [2.24, 2.45) is 5.41 Å². The Morgan fingerprint density at radius 3 is 3.04 bits per heavy atom. The van der Waals surface area contributed by atoms with Crippen molar-refractivity contribution in [1.29, 1.82) is 0 Å². The van der Waals surface area contributed by atoms with Gasteiger partial charge in [0.2, 0.25) is 10.0 Å². The highest BCUT2D eigenvalue weighted by Gasteiger charge is 2.64. The molecule has 1 aliphatic carbocycles. The lowest BCUT2D eigenvalue weighted by Crippen LogP contribution is -2.52. The molecule has 9 heteroatoms. The van der Waals surface area contributed by atoms with Crippen LogP contribution in [0, 0.1) is 5.41 Å². The largest absolute Gasteiger partial charge is 0.493 e. The number of rotatable bonds is 4. The van der Waals surface area contributed by atoms with Crippen molar-refractivity contribution in [3.05, 3.63) is 24.0 Å². The zero-order valence-electron chi connectivity index (χ0n) is 15.4. The van der Waals surface area contributed by atoms with Gasteiger partial charge >= 0.3 is 7.12 Å². The molecule has 0 amide bonds. The molecule has 0 aromatic carbocycles. The van der Waals surface area contributed by atoms with Crippen LogP contribution in [0.2, 0.25) is 0 Å². The zero-order valence-corrected chi connectivity index (χ0v) is 16.3. The van der Waals surface area contributed by atoms with Gasteiger partial charge in [0.25, 0.3) is 0 Å². The molecule has 2 N–H and O–H groups in total. The van der Waals surface area contributed by atoms with Gasteiger partial charge in [-0.15, -0.1) is 0 Å². The van der Waals surface area contributed by atoms with E-state index in [0.717, 1.165) is 47.7 Å². The minimum absolute atomic E-state index is 0.0491. The zero-order chi connectivity index (χ0) is 18.9. The molecule has 7 nitrogen and oxygen atoms in total. The summed E-state index contributed by atoms with van der Waals surface area (Å²) in [5, 5.41) is 11.4. The number of nitrogens with zero attached hydrogens (tertiary/aromatic N) is 2. The molecule has 1 saturated carbocycles. The standard InChI is InChI=1S/C18H24BN3O4S/c1-2-3-8-27(24,25)22-7-5-17(12-22)10-18(11-17)15-13-4-6-20-16(13)21-9-14(15)19(23)26-18/h4,6,9,23H,2-3,5,7-8,10-12H2,1H3,(H,20,21). The summed E-state index contributed by atoms with van der Waals surface area (Å²) >= 11 is 0. The molecule has 0 radical (unpaired) electrons. The number of sulfonamides is 1. The van der Waals surface area contributed by atoms with E-state index in [0.29, 0.717) is 19.5 Å². The van der Waals surface area contributed by atoms with Gasteiger partial charge in [0.05, 0.1) is 11.4 Å². The highest BCUT2D eigenvalue weighted by molar-refractivity contribution is 7.89. The van der Waals surface area contributed by atoms with Gasteiger partial charge < -0.3 is 14.7 Å². The van der Waals surface area contributed by atoms with Crippen LogP contribution in [0.4, 0.5) is 0 Å². The molecule has 27 heavy (non-hydrogen) atoms. The summed E-state index contributed by atoms with van der Waals surface area (Å²) in [6.45, 7) is 3.16. The van der Waals surface area contributed by atoms with Gasteiger partial charge in [0.1, 0.15) is 5.65 Å². The summed E-state index contributed by atoms with van der Waals surface area (Å²) < 4.78 is 32.8. The Bertz CT molecular complexity index is 999. The summed E-state index contributed by atoms with van der Waals surface area (Å²) in [5.74, 6) is 0.235. The Morgan fingerprint density at radius 1 is 1.44 bits per heavy atom. The van der Waals surface area contributed by atoms with Crippen LogP contribution in [-0.4, -0.2) is 53.7 Å². The Hall–Kier alpha value is -1.42. The molecule has 3 aliphatic rings. The van der Waals surface area contributed by atoms with Gasteiger partial charge in [-0.05, 0) is 42.7 Å². The molecular weight excluding hydrogens is 365 g/mol. The van der Waals surface area contributed by atoms with E-state index in [1.165, 1.54) is 0 Å². The first kappa shape index (κ1) is 17.7. The van der Waals surface area contributed by atoms with Gasteiger partial charge in [0.15, 0.2) is 0 Å². The highest BCUT2D eigenvalue weighted by Crippen LogP contribution is 2.62. The molecule has 0 bridgehead atoms. The van der Waals surface area contributed by atoms with Crippen molar-refractivity contribution in [1.82, 2.24) is 14.3 Å². The van der Waals surface area contributed by atoms with Gasteiger partial charge in [-0.2, -0.15) is 0 Å². The smallest absolute Gasteiger partial charge is 0.423 e. The molecule has 2 aromatic rings. The minimum Gasteiger partial charge on any atom is -0.423 e. The summed E-state index contributed by atoms with van der Waals surface area (Å²) in [6, 6.07) is 1.98. The number of pyridine rings is 1. The number of H-pyrrole nitrogens is 1. The Labute approximate surface area is 159 Å². The lowest BCUT2D eigenvalue weighted by Gasteiger charge is -2.53. The van der Waals surface area contributed by atoms with Crippen molar-refractivity contribution in [3.63, 3.8) is 0 Å². The number of hydrogen-bond donors (Lipinski definition) is 2. The van der Waals surface area contributed by atoms with Crippen LogP contribution in [-0.2, 0) is 20.3 Å². The van der Waals surface area contributed by atoms with E-state index in [-0.39, 0.29) is 11.2 Å².